The number of amides is 2. The molecule has 1 aromatic heterocycles. The third-order valence-corrected chi connectivity index (χ3v) is 7.47. The molecule has 0 saturated heterocycles. The Bertz CT molecular complexity index is 1590. The number of nitrogens with zero attached hydrogens (tertiary/aromatic N) is 1. The van der Waals surface area contributed by atoms with Crippen LogP contribution in [0.4, 0.5) is 18.9 Å². The monoisotopic (exact) mass is 621 g/mol. The number of benzene rings is 3. The molecule has 0 radical (unpaired) electrons. The predicted molar refractivity (Wildman–Crippen MR) is 152 cm³/mol. The van der Waals surface area contributed by atoms with E-state index in [0.717, 1.165) is 18.3 Å². The molecule has 0 bridgehead atoms. The van der Waals surface area contributed by atoms with E-state index in [1.165, 1.54) is 36.8 Å². The summed E-state index contributed by atoms with van der Waals surface area (Å²) >= 11 is 10.3. The molecule has 2 N–H and O–H groups in total. The Hall–Kier alpha value is -3.77. The Morgan fingerprint density at radius 1 is 1.02 bits per heavy atom. The summed E-state index contributed by atoms with van der Waals surface area (Å²) in [6, 6.07) is 17.2. The summed E-state index contributed by atoms with van der Waals surface area (Å²) in [6.07, 6.45) is -0.642. The van der Waals surface area contributed by atoms with Crippen LogP contribution in [0.25, 0.3) is 0 Å². The average molecular weight is 622 g/mol. The molecule has 4 aromatic rings. The summed E-state index contributed by atoms with van der Waals surface area (Å²) in [4.78, 5) is 26.0. The number of anilines is 1. The molecule has 212 valence electrons. The van der Waals surface area contributed by atoms with Gasteiger partial charge < -0.3 is 14.3 Å². The number of hydrogen-bond donors (Lipinski definition) is 2. The van der Waals surface area contributed by atoms with Crippen LogP contribution in [0, 0.1) is 0 Å². The van der Waals surface area contributed by atoms with Gasteiger partial charge in [0.2, 0.25) is 0 Å². The van der Waals surface area contributed by atoms with Gasteiger partial charge in [0.05, 0.1) is 40.6 Å². The van der Waals surface area contributed by atoms with Gasteiger partial charge in [0.25, 0.3) is 11.8 Å². The van der Waals surface area contributed by atoms with Crippen molar-refractivity contribution in [1.29, 1.82) is 0 Å². The largest absolute Gasteiger partial charge is 0.616 e. The van der Waals surface area contributed by atoms with Gasteiger partial charge >= 0.3 is 6.18 Å². The zero-order valence-electron chi connectivity index (χ0n) is 21.0. The summed E-state index contributed by atoms with van der Waals surface area (Å²) in [7, 11) is 0. The standard InChI is InChI=1S/C28H20Cl2F3N3O4S/c1-41(39)25(24-6-3-11-40-24)17-4-2-5-18(13-17)26(37)35-23-10-8-19(29)14-20(23)27(38)36-34-15-16-7-9-22(30)21(12-16)28(31,32)33/h2-15,25H,1H3,(H,35,37)(H,36,38)/b34-15-. The highest BCUT2D eigenvalue weighted by molar-refractivity contribution is 7.91. The Balaban J connectivity index is 1.52. The van der Waals surface area contributed by atoms with E-state index in [2.05, 4.69) is 15.8 Å². The second-order valence-corrected chi connectivity index (χ2v) is 10.9. The lowest BCUT2D eigenvalue weighted by molar-refractivity contribution is -0.137. The fourth-order valence-electron chi connectivity index (χ4n) is 3.88. The van der Waals surface area contributed by atoms with Gasteiger partial charge in [0.15, 0.2) is 11.0 Å². The number of hydrazone groups is 1. The second kappa shape index (κ2) is 12.8. The van der Waals surface area contributed by atoms with Gasteiger partial charge in [-0.3, -0.25) is 9.59 Å². The van der Waals surface area contributed by atoms with Crippen molar-refractivity contribution in [2.24, 2.45) is 5.10 Å². The number of carbonyl (C=O) groups is 2. The van der Waals surface area contributed by atoms with E-state index in [1.807, 2.05) is 0 Å². The second-order valence-electron chi connectivity index (χ2n) is 8.60. The number of hydrogen-bond acceptors (Lipinski definition) is 5. The molecule has 41 heavy (non-hydrogen) atoms. The van der Waals surface area contributed by atoms with Gasteiger partial charge in [-0.05, 0) is 71.3 Å². The summed E-state index contributed by atoms with van der Waals surface area (Å²) in [5.74, 6) is -0.862. The van der Waals surface area contributed by atoms with E-state index >= 15 is 0 Å². The number of rotatable bonds is 8. The third-order valence-electron chi connectivity index (χ3n) is 5.74. The Morgan fingerprint density at radius 3 is 2.49 bits per heavy atom. The Morgan fingerprint density at radius 2 is 1.80 bits per heavy atom. The molecule has 2 amide bonds. The van der Waals surface area contributed by atoms with E-state index in [0.29, 0.717) is 11.3 Å². The van der Waals surface area contributed by atoms with Crippen LogP contribution in [-0.2, 0) is 17.4 Å². The molecule has 0 spiro atoms. The number of alkyl halides is 3. The average Bonchev–Trinajstić information content (AvgIpc) is 3.44. The van der Waals surface area contributed by atoms with E-state index < -0.39 is 45.0 Å². The molecular weight excluding hydrogens is 602 g/mol. The number of carbonyl (C=O) groups excluding carboxylic acids is 2. The van der Waals surface area contributed by atoms with Gasteiger partial charge in [0, 0.05) is 16.1 Å². The van der Waals surface area contributed by atoms with Crippen LogP contribution in [0.15, 0.2) is 88.6 Å². The van der Waals surface area contributed by atoms with Crippen molar-refractivity contribution >= 4 is 58.1 Å². The normalized spacial score (nSPS) is 13.1. The molecule has 2 unspecified atom stereocenters. The van der Waals surface area contributed by atoms with Crippen LogP contribution in [0.1, 0.15) is 48.4 Å². The van der Waals surface area contributed by atoms with Crippen LogP contribution >= 0.6 is 23.2 Å². The molecule has 4 rings (SSSR count). The molecular formula is C28H20Cl2F3N3O4S. The summed E-state index contributed by atoms with van der Waals surface area (Å²) < 4.78 is 57.2. The van der Waals surface area contributed by atoms with Crippen molar-refractivity contribution < 1.29 is 31.7 Å². The van der Waals surface area contributed by atoms with Crippen molar-refractivity contribution in [3.05, 3.63) is 123 Å². The van der Waals surface area contributed by atoms with Crippen LogP contribution < -0.4 is 10.7 Å². The minimum atomic E-state index is -4.66. The van der Waals surface area contributed by atoms with Crippen molar-refractivity contribution in [2.45, 2.75) is 11.4 Å². The Kier molecular flexibility index (Phi) is 9.44. The molecule has 0 aliphatic rings. The Labute approximate surface area is 245 Å². The minimum absolute atomic E-state index is 0.0439. The van der Waals surface area contributed by atoms with Crippen molar-refractivity contribution in [3.63, 3.8) is 0 Å². The molecule has 0 aliphatic carbocycles. The zero-order chi connectivity index (χ0) is 29.7. The highest BCUT2D eigenvalue weighted by Gasteiger charge is 2.33. The molecule has 13 heteroatoms. The van der Waals surface area contributed by atoms with E-state index in [9.17, 15) is 27.3 Å². The fraction of sp³-hybridized carbons (Fsp3) is 0.107. The molecule has 7 nitrogen and oxygen atoms in total. The van der Waals surface area contributed by atoms with Gasteiger partial charge in [-0.15, -0.1) is 0 Å². The predicted octanol–water partition coefficient (Wildman–Crippen LogP) is 7.09. The van der Waals surface area contributed by atoms with Gasteiger partial charge in [0.1, 0.15) is 0 Å². The lowest BCUT2D eigenvalue weighted by Gasteiger charge is -2.17. The highest BCUT2D eigenvalue weighted by Crippen LogP contribution is 2.35. The van der Waals surface area contributed by atoms with Crippen LogP contribution in [0.5, 0.6) is 0 Å². The smallest absolute Gasteiger partial charge is 0.417 e. The molecule has 3 aromatic carbocycles. The van der Waals surface area contributed by atoms with Gasteiger partial charge in [-0.25, -0.2) is 5.43 Å². The van der Waals surface area contributed by atoms with Crippen molar-refractivity contribution in [2.75, 3.05) is 11.6 Å². The summed E-state index contributed by atoms with van der Waals surface area (Å²) in [6.45, 7) is 0. The molecule has 1 heterocycles. The first-order valence-corrected chi connectivity index (χ1v) is 14.1. The molecule has 2 atom stereocenters. The number of nitrogens with one attached hydrogen (secondary N) is 2. The number of halogens is 5. The van der Waals surface area contributed by atoms with Crippen molar-refractivity contribution in [1.82, 2.24) is 5.43 Å². The van der Waals surface area contributed by atoms with Crippen LogP contribution in [0.3, 0.4) is 0 Å². The minimum Gasteiger partial charge on any atom is -0.616 e. The first-order chi connectivity index (χ1) is 19.4. The highest BCUT2D eigenvalue weighted by atomic mass is 35.5. The maximum atomic E-state index is 13.1. The maximum Gasteiger partial charge on any atom is 0.417 e. The van der Waals surface area contributed by atoms with Gasteiger partial charge in [-0.2, -0.15) is 18.3 Å². The van der Waals surface area contributed by atoms with E-state index in [1.54, 1.807) is 36.4 Å². The first kappa shape index (κ1) is 30.2. The first-order valence-electron chi connectivity index (χ1n) is 11.7. The van der Waals surface area contributed by atoms with Crippen LogP contribution in [-0.4, -0.2) is 28.8 Å². The molecule has 0 fully saturated rings. The van der Waals surface area contributed by atoms with Gasteiger partial charge in [-0.1, -0.05) is 41.4 Å². The molecule has 0 saturated carbocycles. The lowest BCUT2D eigenvalue weighted by atomic mass is 10.1. The maximum absolute atomic E-state index is 13.1. The SMILES string of the molecule is C[S+]([O-])C(c1cccc(C(=O)Nc2ccc(Cl)cc2C(=O)N/N=C\c2ccc(Cl)c(C(F)(F)F)c2)c1)c1ccco1. The quantitative estimate of drug-likeness (QED) is 0.124. The lowest BCUT2D eigenvalue weighted by Crippen LogP contribution is -2.21. The van der Waals surface area contributed by atoms with Crippen molar-refractivity contribution in [3.8, 4) is 0 Å². The fourth-order valence-corrected chi connectivity index (χ4v) is 5.26. The summed E-state index contributed by atoms with van der Waals surface area (Å²) in [5, 5.41) is 5.50. The van der Waals surface area contributed by atoms with Crippen LogP contribution in [0.2, 0.25) is 10.0 Å². The topological polar surface area (TPSA) is 107 Å². The molecule has 0 aliphatic heterocycles. The summed E-state index contributed by atoms with van der Waals surface area (Å²) in [5.41, 5.74) is 2.09. The van der Waals surface area contributed by atoms with E-state index in [4.69, 9.17) is 27.6 Å². The van der Waals surface area contributed by atoms with E-state index in [-0.39, 0.29) is 27.4 Å². The third kappa shape index (κ3) is 7.50. The zero-order valence-corrected chi connectivity index (χ0v) is 23.4. The number of furan rings is 1.